The molecule has 4 rings (SSSR count). The van der Waals surface area contributed by atoms with Crippen molar-refractivity contribution in [2.75, 3.05) is 6.54 Å². The van der Waals surface area contributed by atoms with Crippen molar-refractivity contribution in [2.24, 2.45) is 5.41 Å². The van der Waals surface area contributed by atoms with E-state index < -0.39 is 23.6 Å². The van der Waals surface area contributed by atoms with Crippen molar-refractivity contribution < 1.29 is 19.5 Å². The summed E-state index contributed by atoms with van der Waals surface area (Å²) in [5.41, 5.74) is 5.74. The van der Waals surface area contributed by atoms with Crippen LogP contribution in [-0.2, 0) is 20.8 Å². The zero-order valence-corrected chi connectivity index (χ0v) is 21.7. The number of nitrogens with one attached hydrogen (secondary N) is 2. The van der Waals surface area contributed by atoms with Crippen LogP contribution in [0.3, 0.4) is 0 Å². The highest BCUT2D eigenvalue weighted by atomic mass is 32.1. The molecule has 8 nitrogen and oxygen atoms in total. The molecule has 188 valence electrons. The molecule has 0 spiro atoms. The predicted octanol–water partition coefficient (Wildman–Crippen LogP) is 2.73. The third-order valence-corrected chi connectivity index (χ3v) is 7.85. The maximum Gasteiger partial charge on any atom is 0.246 e. The lowest BCUT2D eigenvalue weighted by molar-refractivity contribution is -0.144. The second-order valence-electron chi connectivity index (χ2n) is 10.7. The van der Waals surface area contributed by atoms with Gasteiger partial charge in [-0.15, -0.1) is 11.3 Å². The number of aryl methyl sites for hydroxylation is 2. The maximum absolute atomic E-state index is 13.4. The standard InChI is InChI=1S/C26H34N4O4S/c1-14-22(35-13-27-14)17-6-8-19-16(10-17)7-9-20(19)29-24(33)21-11-18(32)12-30(21)25(34)23(26(3,4)5)28-15(2)31/h6,8,10,13,18,20-21,23,32H,7,9,11-12H2,1-5H3,(H,28,31)(H,29,33)/t18-,20?,21+,23?/m1/s1. The fourth-order valence-electron chi connectivity index (χ4n) is 5.08. The second-order valence-corrected chi connectivity index (χ2v) is 11.5. The Morgan fingerprint density at radius 1 is 1.26 bits per heavy atom. The van der Waals surface area contributed by atoms with Crippen LogP contribution < -0.4 is 10.6 Å². The summed E-state index contributed by atoms with van der Waals surface area (Å²) in [6.45, 7) is 9.04. The van der Waals surface area contributed by atoms with E-state index in [0.29, 0.717) is 0 Å². The number of rotatable bonds is 5. The summed E-state index contributed by atoms with van der Waals surface area (Å²) in [4.78, 5) is 45.4. The Morgan fingerprint density at radius 3 is 2.63 bits per heavy atom. The first-order valence-corrected chi connectivity index (χ1v) is 12.9. The molecular formula is C26H34N4O4S. The summed E-state index contributed by atoms with van der Waals surface area (Å²) in [6, 6.07) is 4.61. The minimum absolute atomic E-state index is 0.0713. The average Bonchev–Trinajstić information content (AvgIpc) is 3.49. The zero-order valence-electron chi connectivity index (χ0n) is 20.9. The van der Waals surface area contributed by atoms with Crippen molar-refractivity contribution in [3.8, 4) is 10.4 Å². The highest BCUT2D eigenvalue weighted by Crippen LogP contribution is 2.36. The van der Waals surface area contributed by atoms with Crippen LogP contribution in [-0.4, -0.2) is 57.4 Å². The van der Waals surface area contributed by atoms with Gasteiger partial charge >= 0.3 is 0 Å². The first-order chi connectivity index (χ1) is 16.5. The lowest BCUT2D eigenvalue weighted by Gasteiger charge is -2.35. The Bertz CT molecular complexity index is 1140. The summed E-state index contributed by atoms with van der Waals surface area (Å²) in [7, 11) is 0. The van der Waals surface area contributed by atoms with Gasteiger partial charge in [0, 0.05) is 19.9 Å². The Hall–Kier alpha value is -2.78. The summed E-state index contributed by atoms with van der Waals surface area (Å²) in [5.74, 6) is -0.930. The molecule has 0 radical (unpaired) electrons. The number of aliphatic hydroxyl groups is 1. The van der Waals surface area contributed by atoms with Gasteiger partial charge in [0.2, 0.25) is 17.7 Å². The summed E-state index contributed by atoms with van der Waals surface area (Å²) >= 11 is 1.62. The molecule has 4 atom stereocenters. The second kappa shape index (κ2) is 9.70. The van der Waals surface area contributed by atoms with Crippen molar-refractivity contribution in [2.45, 2.75) is 78.1 Å². The molecule has 9 heteroatoms. The normalized spacial score (nSPS) is 22.6. The minimum Gasteiger partial charge on any atom is -0.391 e. The number of nitrogens with zero attached hydrogens (tertiary/aromatic N) is 2. The van der Waals surface area contributed by atoms with E-state index in [1.165, 1.54) is 17.4 Å². The van der Waals surface area contributed by atoms with Crippen LogP contribution in [0.25, 0.3) is 10.4 Å². The number of fused-ring (bicyclic) bond motifs is 1. The van der Waals surface area contributed by atoms with Gasteiger partial charge in [0.15, 0.2) is 0 Å². The fraction of sp³-hybridized carbons (Fsp3) is 0.538. The van der Waals surface area contributed by atoms with Gasteiger partial charge in [-0.25, -0.2) is 4.98 Å². The number of thiazole rings is 1. The molecular weight excluding hydrogens is 464 g/mol. The summed E-state index contributed by atoms with van der Waals surface area (Å²) < 4.78 is 0. The Labute approximate surface area is 210 Å². The van der Waals surface area contributed by atoms with Gasteiger partial charge in [-0.2, -0.15) is 0 Å². The lowest BCUT2D eigenvalue weighted by atomic mass is 9.85. The van der Waals surface area contributed by atoms with Crippen molar-refractivity contribution in [1.82, 2.24) is 20.5 Å². The lowest BCUT2D eigenvalue weighted by Crippen LogP contribution is -2.57. The van der Waals surface area contributed by atoms with Gasteiger partial charge in [-0.3, -0.25) is 14.4 Å². The van der Waals surface area contributed by atoms with Crippen LogP contribution in [0.4, 0.5) is 0 Å². The first kappa shape index (κ1) is 25.3. The smallest absolute Gasteiger partial charge is 0.246 e. The molecule has 1 saturated heterocycles. The van der Waals surface area contributed by atoms with Crippen LogP contribution >= 0.6 is 11.3 Å². The molecule has 2 unspecified atom stereocenters. The molecule has 0 saturated carbocycles. The number of hydrogen-bond acceptors (Lipinski definition) is 6. The summed E-state index contributed by atoms with van der Waals surface area (Å²) in [5, 5.41) is 16.2. The third kappa shape index (κ3) is 5.26. The molecule has 1 aromatic heterocycles. The number of likely N-dealkylation sites (tertiary alicyclic amines) is 1. The van der Waals surface area contributed by atoms with Gasteiger partial charge in [0.25, 0.3) is 0 Å². The van der Waals surface area contributed by atoms with E-state index in [1.807, 2.05) is 33.2 Å². The van der Waals surface area contributed by atoms with Crippen LogP contribution in [0.5, 0.6) is 0 Å². The first-order valence-electron chi connectivity index (χ1n) is 12.0. The largest absolute Gasteiger partial charge is 0.391 e. The molecule has 0 bridgehead atoms. The average molecular weight is 499 g/mol. The molecule has 35 heavy (non-hydrogen) atoms. The number of carbonyl (C=O) groups is 3. The van der Waals surface area contributed by atoms with Gasteiger partial charge in [-0.1, -0.05) is 32.9 Å². The number of amides is 3. The Balaban J connectivity index is 1.50. The quantitative estimate of drug-likeness (QED) is 0.587. The molecule has 1 fully saturated rings. The van der Waals surface area contributed by atoms with Crippen LogP contribution in [0.1, 0.15) is 63.4 Å². The maximum atomic E-state index is 13.4. The number of β-amino-alcohol motifs (C(OH)–C–C–N with tert-alkyl or cyclic N) is 1. The molecule has 1 aromatic carbocycles. The van der Waals surface area contributed by atoms with Crippen molar-refractivity contribution in [3.05, 3.63) is 40.5 Å². The molecule has 3 amide bonds. The number of benzene rings is 1. The topological polar surface area (TPSA) is 112 Å². The van der Waals surface area contributed by atoms with Crippen molar-refractivity contribution >= 4 is 29.1 Å². The molecule has 2 aliphatic rings. The molecule has 2 aromatic rings. The van der Waals surface area contributed by atoms with Crippen molar-refractivity contribution in [3.63, 3.8) is 0 Å². The fourth-order valence-corrected chi connectivity index (χ4v) is 5.88. The number of hydrogen-bond donors (Lipinski definition) is 3. The Kier molecular flexibility index (Phi) is 7.02. The van der Waals surface area contributed by atoms with Gasteiger partial charge < -0.3 is 20.6 Å². The van der Waals surface area contributed by atoms with E-state index >= 15 is 0 Å². The van der Waals surface area contributed by atoms with Crippen LogP contribution in [0, 0.1) is 12.3 Å². The summed E-state index contributed by atoms with van der Waals surface area (Å²) in [6.07, 6.45) is 1.04. The van der Waals surface area contributed by atoms with E-state index in [4.69, 9.17) is 0 Å². The number of aromatic nitrogens is 1. The van der Waals surface area contributed by atoms with E-state index in [1.54, 1.807) is 11.3 Å². The SMILES string of the molecule is CC(=O)NC(C(=O)N1C[C@H](O)C[C@H]1C(=O)NC1CCc2cc(-c3scnc3C)ccc21)C(C)(C)C. The molecule has 1 aliphatic carbocycles. The van der Waals surface area contributed by atoms with E-state index in [9.17, 15) is 19.5 Å². The van der Waals surface area contributed by atoms with E-state index in [-0.39, 0.29) is 36.7 Å². The third-order valence-electron chi connectivity index (χ3n) is 6.87. The predicted molar refractivity (Wildman–Crippen MR) is 135 cm³/mol. The number of carbonyl (C=O) groups excluding carboxylic acids is 3. The monoisotopic (exact) mass is 498 g/mol. The number of aliphatic hydroxyl groups excluding tert-OH is 1. The van der Waals surface area contributed by atoms with Crippen molar-refractivity contribution in [1.29, 1.82) is 0 Å². The van der Waals surface area contributed by atoms with Gasteiger partial charge in [0.1, 0.15) is 12.1 Å². The highest BCUT2D eigenvalue weighted by Gasteiger charge is 2.44. The highest BCUT2D eigenvalue weighted by molar-refractivity contribution is 7.13. The Morgan fingerprint density at radius 2 is 2.00 bits per heavy atom. The molecule has 1 aliphatic heterocycles. The van der Waals surface area contributed by atoms with E-state index in [2.05, 4.69) is 33.8 Å². The molecule has 3 N–H and O–H groups in total. The van der Waals surface area contributed by atoms with Crippen LogP contribution in [0.2, 0.25) is 0 Å². The van der Waals surface area contributed by atoms with Crippen LogP contribution in [0.15, 0.2) is 23.7 Å². The van der Waals surface area contributed by atoms with E-state index in [0.717, 1.165) is 34.5 Å². The minimum atomic E-state index is -0.790. The van der Waals surface area contributed by atoms with Gasteiger partial charge in [0.05, 0.1) is 28.2 Å². The molecule has 2 heterocycles. The zero-order chi connectivity index (χ0) is 25.5. The van der Waals surface area contributed by atoms with Gasteiger partial charge in [-0.05, 0) is 47.9 Å².